The van der Waals surface area contributed by atoms with Crippen LogP contribution in [0.4, 0.5) is 0 Å². The number of hydrogen-bond acceptors (Lipinski definition) is 5. The summed E-state index contributed by atoms with van der Waals surface area (Å²) < 4.78 is 9.64. The second kappa shape index (κ2) is 6.48. The summed E-state index contributed by atoms with van der Waals surface area (Å²) in [6.45, 7) is 7.16. The first-order valence-electron chi connectivity index (χ1n) is 5.30. The summed E-state index contributed by atoms with van der Waals surface area (Å²) in [5, 5.41) is 9.41. The summed E-state index contributed by atoms with van der Waals surface area (Å²) >= 11 is 0. The van der Waals surface area contributed by atoms with E-state index in [2.05, 4.69) is 4.74 Å². The summed E-state index contributed by atoms with van der Waals surface area (Å²) in [7, 11) is 0. The first-order valence-corrected chi connectivity index (χ1v) is 5.30. The van der Waals surface area contributed by atoms with Gasteiger partial charge in [0.15, 0.2) is 0 Å². The molecule has 1 atom stereocenters. The fourth-order valence-corrected chi connectivity index (χ4v) is 1.06. The Labute approximate surface area is 95.7 Å². The molecule has 0 saturated carbocycles. The van der Waals surface area contributed by atoms with Gasteiger partial charge >= 0.3 is 11.9 Å². The van der Waals surface area contributed by atoms with E-state index in [4.69, 9.17) is 4.74 Å². The summed E-state index contributed by atoms with van der Waals surface area (Å²) in [4.78, 5) is 22.3. The van der Waals surface area contributed by atoms with Gasteiger partial charge in [0.2, 0.25) is 0 Å². The highest BCUT2D eigenvalue weighted by atomic mass is 16.6. The van der Waals surface area contributed by atoms with E-state index in [0.29, 0.717) is 0 Å². The van der Waals surface area contributed by atoms with Crippen molar-refractivity contribution in [2.45, 2.75) is 52.2 Å². The Morgan fingerprint density at radius 1 is 1.19 bits per heavy atom. The number of rotatable bonds is 5. The predicted octanol–water partition coefficient (Wildman–Crippen LogP) is 1.03. The maximum absolute atomic E-state index is 11.3. The molecule has 0 saturated heterocycles. The molecule has 0 bridgehead atoms. The zero-order valence-electron chi connectivity index (χ0n) is 10.3. The highest BCUT2D eigenvalue weighted by molar-refractivity contribution is 5.73. The molecule has 0 aliphatic rings. The lowest BCUT2D eigenvalue weighted by Crippen LogP contribution is -2.27. The van der Waals surface area contributed by atoms with Gasteiger partial charge < -0.3 is 14.6 Å². The third-order valence-electron chi connectivity index (χ3n) is 1.53. The van der Waals surface area contributed by atoms with Crippen LogP contribution >= 0.6 is 0 Å². The molecule has 0 radical (unpaired) electrons. The van der Waals surface area contributed by atoms with Gasteiger partial charge in [0.1, 0.15) is 5.60 Å². The van der Waals surface area contributed by atoms with E-state index in [9.17, 15) is 14.7 Å². The highest BCUT2D eigenvalue weighted by Crippen LogP contribution is 2.10. The fourth-order valence-electron chi connectivity index (χ4n) is 1.06. The van der Waals surface area contributed by atoms with Crippen LogP contribution in [0, 0.1) is 0 Å². The average Bonchev–Trinajstić information content (AvgIpc) is 1.98. The number of esters is 2. The van der Waals surface area contributed by atoms with Crippen molar-refractivity contribution in [3.05, 3.63) is 0 Å². The molecule has 0 fully saturated rings. The molecule has 0 aromatic carbocycles. The van der Waals surface area contributed by atoms with Crippen molar-refractivity contribution >= 4 is 11.9 Å². The average molecular weight is 232 g/mol. The summed E-state index contributed by atoms with van der Waals surface area (Å²) in [5.41, 5.74) is -0.583. The van der Waals surface area contributed by atoms with Crippen LogP contribution in [0.5, 0.6) is 0 Å². The summed E-state index contributed by atoms with van der Waals surface area (Å²) in [6, 6.07) is 0. The number of aliphatic hydroxyl groups excluding tert-OH is 1. The lowest BCUT2D eigenvalue weighted by Gasteiger charge is -2.20. The number of aliphatic hydroxyl groups is 1. The van der Waals surface area contributed by atoms with E-state index in [1.165, 1.54) is 0 Å². The Hall–Kier alpha value is -1.10. The molecule has 0 aromatic heterocycles. The van der Waals surface area contributed by atoms with E-state index >= 15 is 0 Å². The Kier molecular flexibility index (Phi) is 6.03. The lowest BCUT2D eigenvalue weighted by molar-refractivity contribution is -0.157. The van der Waals surface area contributed by atoms with Crippen LogP contribution in [-0.2, 0) is 19.1 Å². The van der Waals surface area contributed by atoms with Gasteiger partial charge in [0, 0.05) is 0 Å². The number of carbonyl (C=O) groups excluding carboxylic acids is 2. The molecule has 0 aliphatic heterocycles. The second-order valence-electron chi connectivity index (χ2n) is 4.45. The van der Waals surface area contributed by atoms with E-state index in [1.54, 1.807) is 27.7 Å². The Balaban J connectivity index is 3.91. The van der Waals surface area contributed by atoms with Gasteiger partial charge in [-0.05, 0) is 27.7 Å². The van der Waals surface area contributed by atoms with Crippen molar-refractivity contribution in [2.75, 3.05) is 6.61 Å². The van der Waals surface area contributed by atoms with Crippen LogP contribution < -0.4 is 0 Å². The third-order valence-corrected chi connectivity index (χ3v) is 1.53. The van der Waals surface area contributed by atoms with Gasteiger partial charge in [-0.1, -0.05) is 0 Å². The second-order valence-corrected chi connectivity index (χ2v) is 4.45. The molecule has 5 nitrogen and oxygen atoms in total. The Morgan fingerprint density at radius 2 is 1.69 bits per heavy atom. The van der Waals surface area contributed by atoms with Crippen LogP contribution in [-0.4, -0.2) is 35.4 Å². The van der Waals surface area contributed by atoms with Crippen molar-refractivity contribution in [3.8, 4) is 0 Å². The van der Waals surface area contributed by atoms with E-state index < -0.39 is 23.6 Å². The minimum Gasteiger partial charge on any atom is -0.466 e. The highest BCUT2D eigenvalue weighted by Gasteiger charge is 2.21. The molecule has 0 rings (SSSR count). The number of hydrogen-bond donors (Lipinski definition) is 1. The predicted molar refractivity (Wildman–Crippen MR) is 57.7 cm³/mol. The first-order chi connectivity index (χ1) is 7.24. The quantitative estimate of drug-likeness (QED) is 0.717. The molecule has 0 amide bonds. The monoisotopic (exact) mass is 232 g/mol. The Morgan fingerprint density at radius 3 is 2.12 bits per heavy atom. The molecule has 16 heavy (non-hydrogen) atoms. The van der Waals surface area contributed by atoms with Gasteiger partial charge in [-0.2, -0.15) is 0 Å². The molecule has 0 unspecified atom stereocenters. The van der Waals surface area contributed by atoms with Crippen LogP contribution in [0.1, 0.15) is 40.5 Å². The normalized spacial score (nSPS) is 13.1. The minimum atomic E-state index is -1.05. The van der Waals surface area contributed by atoms with Crippen molar-refractivity contribution in [1.29, 1.82) is 0 Å². The van der Waals surface area contributed by atoms with Gasteiger partial charge in [-0.15, -0.1) is 0 Å². The minimum absolute atomic E-state index is 0.187. The van der Waals surface area contributed by atoms with Crippen LogP contribution in [0.15, 0.2) is 0 Å². The van der Waals surface area contributed by atoms with E-state index in [-0.39, 0.29) is 19.4 Å². The molecule has 5 heteroatoms. The number of carbonyl (C=O) groups is 2. The van der Waals surface area contributed by atoms with Crippen molar-refractivity contribution < 1.29 is 24.2 Å². The fraction of sp³-hybridized carbons (Fsp3) is 0.818. The summed E-state index contributed by atoms with van der Waals surface area (Å²) in [6.07, 6.45) is -1.43. The van der Waals surface area contributed by atoms with Crippen molar-refractivity contribution in [2.24, 2.45) is 0 Å². The molecule has 0 spiro atoms. The zero-order chi connectivity index (χ0) is 12.8. The summed E-state index contributed by atoms with van der Waals surface area (Å²) in [5.74, 6) is -1.04. The van der Waals surface area contributed by atoms with Crippen LogP contribution in [0.3, 0.4) is 0 Å². The molecular formula is C11H20O5. The zero-order valence-corrected chi connectivity index (χ0v) is 10.3. The molecule has 0 heterocycles. The standard InChI is InChI=1S/C11H20O5/c1-5-15-9(13)6-8(12)7-10(14)16-11(2,3)4/h8,12H,5-7H2,1-4H3/t8-/m1/s1. The lowest BCUT2D eigenvalue weighted by atomic mass is 10.1. The van der Waals surface area contributed by atoms with Crippen molar-refractivity contribution in [1.82, 2.24) is 0 Å². The first kappa shape index (κ1) is 14.9. The van der Waals surface area contributed by atoms with Crippen molar-refractivity contribution in [3.63, 3.8) is 0 Å². The maximum atomic E-state index is 11.3. The SMILES string of the molecule is CCOC(=O)C[C@@H](O)CC(=O)OC(C)(C)C. The van der Waals surface area contributed by atoms with Gasteiger partial charge in [0.25, 0.3) is 0 Å². The molecule has 0 aromatic rings. The molecule has 1 N–H and O–H groups in total. The van der Waals surface area contributed by atoms with Gasteiger partial charge in [-0.3, -0.25) is 9.59 Å². The van der Waals surface area contributed by atoms with E-state index in [1.807, 2.05) is 0 Å². The van der Waals surface area contributed by atoms with Gasteiger partial charge in [0.05, 0.1) is 25.6 Å². The van der Waals surface area contributed by atoms with E-state index in [0.717, 1.165) is 0 Å². The molecule has 94 valence electrons. The maximum Gasteiger partial charge on any atom is 0.308 e. The van der Waals surface area contributed by atoms with Crippen LogP contribution in [0.2, 0.25) is 0 Å². The smallest absolute Gasteiger partial charge is 0.308 e. The molecular weight excluding hydrogens is 212 g/mol. The molecule has 0 aliphatic carbocycles. The van der Waals surface area contributed by atoms with Crippen LogP contribution in [0.25, 0.3) is 0 Å². The topological polar surface area (TPSA) is 72.8 Å². The largest absolute Gasteiger partial charge is 0.466 e. The number of ether oxygens (including phenoxy) is 2. The van der Waals surface area contributed by atoms with Gasteiger partial charge in [-0.25, -0.2) is 0 Å². The third kappa shape index (κ3) is 8.23. The Bertz CT molecular complexity index is 241.